The number of esters is 4. The van der Waals surface area contributed by atoms with Crippen LogP contribution >= 0.6 is 15.6 Å². The van der Waals surface area contributed by atoms with E-state index in [-0.39, 0.29) is 25.7 Å². The van der Waals surface area contributed by atoms with Gasteiger partial charge in [-0.15, -0.1) is 0 Å². The average Bonchev–Trinajstić information content (AvgIpc) is 0.946. The smallest absolute Gasteiger partial charge is 0.462 e. The van der Waals surface area contributed by atoms with E-state index in [1.165, 1.54) is 51.4 Å². The SMILES string of the molecule is CC/C=C\C/C=C\C/C=C\C/C=C\C/C=C\CC(=O)OC(COC(=O)CCCCCCCC/C=C\C/C=C\C/C=C\C/C=C\CC)COP(=O)(O)OCC(O)COP(=O)(O)OCC(COC(=O)CCCCCCC/C=C\C/C=C\CCC)OC(=O)CCCCCCCCCCCCCCC. The Morgan fingerprint density at radius 1 is 0.300 bits per heavy atom. The fourth-order valence-electron chi connectivity index (χ4n) is 9.85. The maximum Gasteiger partial charge on any atom is 0.472 e. The third-order valence-electron chi connectivity index (χ3n) is 15.6. The van der Waals surface area contributed by atoms with Gasteiger partial charge >= 0.3 is 39.5 Å². The molecule has 3 N–H and O–H groups in total. The zero-order chi connectivity index (χ0) is 73.2. The van der Waals surface area contributed by atoms with Crippen molar-refractivity contribution in [2.45, 2.75) is 316 Å². The lowest BCUT2D eigenvalue weighted by molar-refractivity contribution is -0.161. The van der Waals surface area contributed by atoms with Gasteiger partial charge in [0.25, 0.3) is 0 Å². The molecule has 0 fully saturated rings. The Balaban J connectivity index is 5.42. The Bertz CT molecular complexity index is 2420. The van der Waals surface area contributed by atoms with Gasteiger partial charge < -0.3 is 33.8 Å². The quantitative estimate of drug-likeness (QED) is 0.0169. The highest BCUT2D eigenvalue weighted by Crippen LogP contribution is 2.45. The molecule has 5 atom stereocenters. The molecular weight excluding hydrogens is 1310 g/mol. The number of rotatable bonds is 71. The van der Waals surface area contributed by atoms with Crippen LogP contribution in [0, 0.1) is 0 Å². The Labute approximate surface area is 605 Å². The van der Waals surface area contributed by atoms with Crippen molar-refractivity contribution < 1.29 is 80.2 Å². The number of aliphatic hydroxyl groups excluding tert-OH is 1. The van der Waals surface area contributed by atoms with Crippen molar-refractivity contribution in [1.29, 1.82) is 0 Å². The number of carbonyl (C=O) groups excluding carboxylic acids is 4. The normalized spacial score (nSPS) is 14.7. The van der Waals surface area contributed by atoms with E-state index in [0.717, 1.165) is 167 Å². The highest BCUT2D eigenvalue weighted by molar-refractivity contribution is 7.47. The van der Waals surface area contributed by atoms with Crippen molar-refractivity contribution in [3.8, 4) is 0 Å². The van der Waals surface area contributed by atoms with Crippen molar-refractivity contribution in [3.05, 3.63) is 134 Å². The first-order chi connectivity index (χ1) is 48.7. The summed E-state index contributed by atoms with van der Waals surface area (Å²) in [5, 5.41) is 10.6. The van der Waals surface area contributed by atoms with Gasteiger partial charge in [0, 0.05) is 19.3 Å². The minimum Gasteiger partial charge on any atom is -0.462 e. The molecule has 100 heavy (non-hydrogen) atoms. The lowest BCUT2D eigenvalue weighted by Crippen LogP contribution is -2.30. The molecule has 19 heteroatoms. The number of phosphoric ester groups is 2. The van der Waals surface area contributed by atoms with Gasteiger partial charge in [0.2, 0.25) is 0 Å². The number of ether oxygens (including phenoxy) is 4. The first-order valence-corrected chi connectivity index (χ1v) is 41.4. The fraction of sp³-hybridized carbons (Fsp3) is 0.679. The number of carbonyl (C=O) groups is 4. The van der Waals surface area contributed by atoms with Crippen LogP contribution in [0.2, 0.25) is 0 Å². The molecule has 0 amide bonds. The van der Waals surface area contributed by atoms with Crippen LogP contribution in [-0.2, 0) is 65.4 Å². The summed E-state index contributed by atoms with van der Waals surface area (Å²) in [5.74, 6) is -2.35. The van der Waals surface area contributed by atoms with Crippen molar-refractivity contribution in [1.82, 2.24) is 0 Å². The minimum atomic E-state index is -5.01. The molecule has 0 heterocycles. The zero-order valence-electron chi connectivity index (χ0n) is 62.3. The Hall–Kier alpha value is -4.80. The zero-order valence-corrected chi connectivity index (χ0v) is 64.1. The molecule has 17 nitrogen and oxygen atoms in total. The summed E-state index contributed by atoms with van der Waals surface area (Å²) in [6, 6.07) is 0. The summed E-state index contributed by atoms with van der Waals surface area (Å²) in [4.78, 5) is 72.8. The molecule has 0 radical (unpaired) electrons. The van der Waals surface area contributed by atoms with E-state index >= 15 is 0 Å². The fourth-order valence-corrected chi connectivity index (χ4v) is 11.4. The largest absolute Gasteiger partial charge is 0.472 e. The van der Waals surface area contributed by atoms with Crippen LogP contribution in [0.25, 0.3) is 0 Å². The van der Waals surface area contributed by atoms with E-state index in [0.29, 0.717) is 25.7 Å². The van der Waals surface area contributed by atoms with Crippen molar-refractivity contribution in [2.75, 3.05) is 39.6 Å². The molecule has 0 aromatic heterocycles. The first kappa shape index (κ1) is 95.2. The van der Waals surface area contributed by atoms with Gasteiger partial charge in [-0.2, -0.15) is 0 Å². The highest BCUT2D eigenvalue weighted by Gasteiger charge is 2.30. The second-order valence-corrected chi connectivity index (χ2v) is 28.1. The molecule has 0 saturated carbocycles. The maximum atomic E-state index is 13.1. The third kappa shape index (κ3) is 71.6. The van der Waals surface area contributed by atoms with Gasteiger partial charge in [-0.3, -0.25) is 37.3 Å². The number of phosphoric acid groups is 2. The molecular formula is C81H136O17P2. The molecule has 0 aromatic rings. The second-order valence-electron chi connectivity index (χ2n) is 25.2. The Kier molecular flexibility index (Phi) is 69.1. The standard InChI is InChI=1S/C81H136O17P2/c1-5-9-13-17-21-25-29-33-35-36-37-38-40-43-46-50-54-58-62-66-79(84)92-72-77(98-81(86)68-64-60-56-52-48-44-39-34-30-26-22-18-14-10-6-2)74-96-100(89,90)94-70-75(82)69-93-99(87,88)95-73-76(97-80(85)67-63-59-55-51-47-42-32-28-24-20-16-12-8-4)71-91-78(83)65-61-57-53-49-45-41-31-27-23-19-15-11-7-3/h9-10,13-15,19,21-22,25-27,31,33-35,37-39,48,52,60,64,75-77,82H,5-8,11-12,16-18,20,23-24,28-30,32,36,40-47,49-51,53-59,61-63,65-74H2,1-4H3,(H,87,88)(H,89,90)/b13-9-,14-10-,19-15-,25-21-,26-22-,31-27-,35-33-,38-37-,39-34-,52-48-,64-60-. The third-order valence-corrected chi connectivity index (χ3v) is 17.5. The summed E-state index contributed by atoms with van der Waals surface area (Å²) in [6.07, 6.45) is 80.4. The molecule has 0 bridgehead atoms. The molecule has 0 rings (SSSR count). The molecule has 0 aliphatic rings. The number of hydrogen-bond donors (Lipinski definition) is 3. The Morgan fingerprint density at radius 3 is 0.930 bits per heavy atom. The predicted molar refractivity (Wildman–Crippen MR) is 408 cm³/mol. The lowest BCUT2D eigenvalue weighted by Gasteiger charge is -2.21. The summed E-state index contributed by atoms with van der Waals surface area (Å²) in [7, 11) is -9.99. The van der Waals surface area contributed by atoms with E-state index in [1.54, 1.807) is 12.2 Å². The van der Waals surface area contributed by atoms with Crippen LogP contribution in [-0.4, -0.2) is 96.7 Å². The van der Waals surface area contributed by atoms with Gasteiger partial charge in [0.15, 0.2) is 12.2 Å². The summed E-state index contributed by atoms with van der Waals surface area (Å²) < 4.78 is 68.3. The van der Waals surface area contributed by atoms with E-state index in [4.69, 9.17) is 37.0 Å². The molecule has 5 unspecified atom stereocenters. The van der Waals surface area contributed by atoms with Crippen LogP contribution in [0.15, 0.2) is 134 Å². The monoisotopic (exact) mass is 1440 g/mol. The number of hydrogen-bond acceptors (Lipinski definition) is 15. The van der Waals surface area contributed by atoms with Crippen molar-refractivity contribution in [3.63, 3.8) is 0 Å². The van der Waals surface area contributed by atoms with Gasteiger partial charge in [-0.05, 0) is 116 Å². The van der Waals surface area contributed by atoms with Crippen LogP contribution in [0.1, 0.15) is 297 Å². The molecule has 572 valence electrons. The number of allylic oxidation sites excluding steroid dienone is 21. The topological polar surface area (TPSA) is 237 Å². The maximum absolute atomic E-state index is 13.1. The second kappa shape index (κ2) is 72.5. The van der Waals surface area contributed by atoms with Crippen LogP contribution in [0.4, 0.5) is 0 Å². The van der Waals surface area contributed by atoms with Gasteiger partial charge in [-0.1, -0.05) is 290 Å². The van der Waals surface area contributed by atoms with Crippen LogP contribution < -0.4 is 0 Å². The highest BCUT2D eigenvalue weighted by atomic mass is 31.2. The minimum absolute atomic E-state index is 0.0901. The molecule has 0 aromatic carbocycles. The van der Waals surface area contributed by atoms with E-state index in [2.05, 4.69) is 137 Å². The number of aliphatic hydroxyl groups is 1. The molecule has 0 aliphatic carbocycles. The van der Waals surface area contributed by atoms with Crippen molar-refractivity contribution >= 4 is 39.5 Å². The van der Waals surface area contributed by atoms with E-state index < -0.39 is 97.5 Å². The molecule has 0 saturated heterocycles. The summed E-state index contributed by atoms with van der Waals surface area (Å²) >= 11 is 0. The Morgan fingerprint density at radius 2 is 0.580 bits per heavy atom. The molecule has 0 spiro atoms. The van der Waals surface area contributed by atoms with Crippen LogP contribution in [0.5, 0.6) is 0 Å². The summed E-state index contributed by atoms with van der Waals surface area (Å²) in [5.41, 5.74) is 0. The van der Waals surface area contributed by atoms with Gasteiger partial charge in [-0.25, -0.2) is 9.13 Å². The molecule has 0 aliphatic heterocycles. The lowest BCUT2D eigenvalue weighted by atomic mass is 10.0. The predicted octanol–water partition coefficient (Wildman–Crippen LogP) is 22.1. The first-order valence-electron chi connectivity index (χ1n) is 38.4. The summed E-state index contributed by atoms with van der Waals surface area (Å²) in [6.45, 7) is 4.44. The van der Waals surface area contributed by atoms with E-state index in [9.17, 15) is 43.2 Å². The van der Waals surface area contributed by atoms with Gasteiger partial charge in [0.05, 0.1) is 32.8 Å². The number of unbranched alkanes of at least 4 members (excludes halogenated alkanes) is 24. The van der Waals surface area contributed by atoms with Crippen molar-refractivity contribution in [2.24, 2.45) is 0 Å². The average molecular weight is 1440 g/mol. The van der Waals surface area contributed by atoms with Gasteiger partial charge in [0.1, 0.15) is 19.3 Å². The van der Waals surface area contributed by atoms with Crippen LogP contribution in [0.3, 0.4) is 0 Å². The van der Waals surface area contributed by atoms with E-state index in [1.807, 2.05) is 12.2 Å².